The number of aromatic nitrogens is 2. The highest BCUT2D eigenvalue weighted by Crippen LogP contribution is 2.41. The number of nitrogens with zero attached hydrogens (tertiary/aromatic N) is 3. The summed E-state index contributed by atoms with van der Waals surface area (Å²) in [5, 5.41) is 0. The summed E-state index contributed by atoms with van der Waals surface area (Å²) in [7, 11) is 0. The van der Waals surface area contributed by atoms with Gasteiger partial charge in [0.05, 0.1) is 11.6 Å². The summed E-state index contributed by atoms with van der Waals surface area (Å²) in [5.74, 6) is 1.81. The zero-order valence-corrected chi connectivity index (χ0v) is 16.7. The van der Waals surface area contributed by atoms with Gasteiger partial charge in [-0.2, -0.15) is 0 Å². The Balaban J connectivity index is 1.70. The Morgan fingerprint density at radius 2 is 2.04 bits per heavy atom. The molecule has 28 heavy (non-hydrogen) atoms. The fourth-order valence-corrected chi connectivity index (χ4v) is 3.90. The summed E-state index contributed by atoms with van der Waals surface area (Å²) in [4.78, 5) is 19.0. The summed E-state index contributed by atoms with van der Waals surface area (Å²) in [5.41, 5.74) is 7.40. The number of likely N-dealkylation sites (tertiary alicyclic amines) is 1. The molecule has 1 aromatic carbocycles. The van der Waals surface area contributed by atoms with E-state index in [9.17, 15) is 4.79 Å². The number of imidazole rings is 1. The molecule has 0 radical (unpaired) electrons. The van der Waals surface area contributed by atoms with Crippen LogP contribution in [0.25, 0.3) is 11.0 Å². The van der Waals surface area contributed by atoms with E-state index < -0.39 is 5.60 Å². The summed E-state index contributed by atoms with van der Waals surface area (Å²) >= 11 is 0. The Hall–Kier alpha value is -2.64. The highest BCUT2D eigenvalue weighted by molar-refractivity contribution is 5.87. The molecule has 1 unspecified atom stereocenters. The van der Waals surface area contributed by atoms with Crippen molar-refractivity contribution in [1.82, 2.24) is 14.5 Å². The van der Waals surface area contributed by atoms with Crippen LogP contribution in [0.1, 0.15) is 46.1 Å². The summed E-state index contributed by atoms with van der Waals surface area (Å²) in [6.45, 7) is 7.86. The summed E-state index contributed by atoms with van der Waals surface area (Å²) in [6.07, 6.45) is 2.54. The van der Waals surface area contributed by atoms with Gasteiger partial charge in [0.2, 0.25) is 5.95 Å². The van der Waals surface area contributed by atoms with Crippen LogP contribution in [0, 0.1) is 0 Å². The van der Waals surface area contributed by atoms with Crippen LogP contribution in [0.4, 0.5) is 10.7 Å². The average molecular weight is 388 g/mol. The topological polar surface area (TPSA) is 91.8 Å². The van der Waals surface area contributed by atoms with E-state index in [0.717, 1.165) is 30.3 Å². The fourth-order valence-electron chi connectivity index (χ4n) is 3.90. The number of anilines is 1. The van der Waals surface area contributed by atoms with Crippen LogP contribution in [0.2, 0.25) is 0 Å². The number of rotatable bonds is 1. The Kier molecular flexibility index (Phi) is 4.72. The number of benzene rings is 1. The monoisotopic (exact) mass is 388 g/mol. The van der Waals surface area contributed by atoms with Crippen LogP contribution in [-0.2, 0) is 4.74 Å². The lowest BCUT2D eigenvalue weighted by atomic mass is 10.1. The second-order valence-electron chi connectivity index (χ2n) is 8.37. The predicted octanol–water partition coefficient (Wildman–Crippen LogP) is 3.35. The first-order chi connectivity index (χ1) is 13.3. The van der Waals surface area contributed by atoms with Crippen molar-refractivity contribution in [3.05, 3.63) is 12.1 Å². The van der Waals surface area contributed by atoms with Crippen LogP contribution in [0.15, 0.2) is 12.1 Å². The number of fused-ring (bicyclic) bond motifs is 3. The zero-order valence-electron chi connectivity index (χ0n) is 16.7. The third-order valence-electron chi connectivity index (χ3n) is 5.05. The van der Waals surface area contributed by atoms with Gasteiger partial charge in [-0.15, -0.1) is 0 Å². The van der Waals surface area contributed by atoms with Crippen LogP contribution in [0.3, 0.4) is 0 Å². The third kappa shape index (κ3) is 3.55. The van der Waals surface area contributed by atoms with E-state index in [1.54, 1.807) is 4.90 Å². The van der Waals surface area contributed by atoms with Crippen LogP contribution < -0.4 is 15.2 Å². The molecule has 0 saturated carbocycles. The predicted molar refractivity (Wildman–Crippen MR) is 106 cm³/mol. The lowest BCUT2D eigenvalue weighted by molar-refractivity contribution is 0.0238. The van der Waals surface area contributed by atoms with Gasteiger partial charge in [0.1, 0.15) is 24.3 Å². The molecule has 2 aliphatic heterocycles. The summed E-state index contributed by atoms with van der Waals surface area (Å²) in [6, 6.07) is 3.77. The van der Waals surface area contributed by atoms with E-state index in [2.05, 4.69) is 4.98 Å². The SMILES string of the molecule is CC(C)(C)OC(=O)N1CCCCC(n2c(N)nc3ccc4c(c32)OCCO4)C1. The van der Waals surface area contributed by atoms with Gasteiger partial charge in [-0.3, -0.25) is 0 Å². The van der Waals surface area contributed by atoms with Gasteiger partial charge in [0, 0.05) is 13.1 Å². The largest absolute Gasteiger partial charge is 0.486 e. The molecule has 3 heterocycles. The smallest absolute Gasteiger partial charge is 0.410 e. The van der Waals surface area contributed by atoms with Crippen molar-refractivity contribution in [3.63, 3.8) is 0 Å². The number of hydrogen-bond acceptors (Lipinski definition) is 6. The molecule has 2 aliphatic rings. The van der Waals surface area contributed by atoms with Crippen LogP contribution in [0.5, 0.6) is 11.5 Å². The first-order valence-electron chi connectivity index (χ1n) is 9.87. The number of carbonyl (C=O) groups is 1. The second-order valence-corrected chi connectivity index (χ2v) is 8.37. The maximum Gasteiger partial charge on any atom is 0.410 e. The van der Waals surface area contributed by atoms with Crippen molar-refractivity contribution in [2.75, 3.05) is 32.0 Å². The van der Waals surface area contributed by atoms with Crippen molar-refractivity contribution in [2.45, 2.75) is 51.7 Å². The molecule has 8 heteroatoms. The molecule has 1 saturated heterocycles. The van der Waals surface area contributed by atoms with Crippen LogP contribution >= 0.6 is 0 Å². The maximum absolute atomic E-state index is 12.7. The van der Waals surface area contributed by atoms with Crippen molar-refractivity contribution >= 4 is 23.1 Å². The molecule has 4 rings (SSSR count). The number of hydrogen-bond donors (Lipinski definition) is 1. The second kappa shape index (κ2) is 7.07. The van der Waals surface area contributed by atoms with Gasteiger partial charge in [0.15, 0.2) is 11.5 Å². The molecule has 1 fully saturated rings. The Morgan fingerprint density at radius 1 is 1.25 bits per heavy atom. The Labute approximate surface area is 164 Å². The maximum atomic E-state index is 12.7. The molecule has 1 aromatic heterocycles. The number of nitrogens with two attached hydrogens (primary N) is 1. The van der Waals surface area contributed by atoms with Crippen molar-refractivity contribution in [1.29, 1.82) is 0 Å². The molecule has 8 nitrogen and oxygen atoms in total. The molecule has 152 valence electrons. The van der Waals surface area contributed by atoms with Gasteiger partial charge in [-0.25, -0.2) is 9.78 Å². The van der Waals surface area contributed by atoms with Gasteiger partial charge in [-0.1, -0.05) is 0 Å². The Bertz CT molecular complexity index is 886. The number of ether oxygens (including phenoxy) is 3. The van der Waals surface area contributed by atoms with E-state index in [0.29, 0.717) is 43.8 Å². The van der Waals surface area contributed by atoms with Crippen molar-refractivity contribution < 1.29 is 19.0 Å². The minimum atomic E-state index is -0.524. The highest BCUT2D eigenvalue weighted by atomic mass is 16.6. The first-order valence-corrected chi connectivity index (χ1v) is 9.87. The lowest BCUT2D eigenvalue weighted by Crippen LogP contribution is -2.39. The molecule has 1 amide bonds. The summed E-state index contributed by atoms with van der Waals surface area (Å²) < 4.78 is 19.2. The molecule has 2 aromatic rings. The molecule has 0 spiro atoms. The van der Waals surface area contributed by atoms with Crippen molar-refractivity contribution in [2.24, 2.45) is 0 Å². The van der Waals surface area contributed by atoms with Gasteiger partial charge in [-0.05, 0) is 52.2 Å². The molecule has 0 bridgehead atoms. The third-order valence-corrected chi connectivity index (χ3v) is 5.05. The quantitative estimate of drug-likeness (QED) is 0.805. The molecule has 1 atom stereocenters. The van der Waals surface area contributed by atoms with E-state index in [1.807, 2.05) is 37.5 Å². The Morgan fingerprint density at radius 3 is 2.82 bits per heavy atom. The fraction of sp³-hybridized carbons (Fsp3) is 0.600. The lowest BCUT2D eigenvalue weighted by Gasteiger charge is -2.29. The minimum Gasteiger partial charge on any atom is -0.486 e. The zero-order chi connectivity index (χ0) is 19.9. The molecule has 0 aliphatic carbocycles. The van der Waals surface area contributed by atoms with E-state index >= 15 is 0 Å². The minimum absolute atomic E-state index is 0.00274. The van der Waals surface area contributed by atoms with E-state index in [1.165, 1.54) is 0 Å². The van der Waals surface area contributed by atoms with Crippen LogP contribution in [-0.4, -0.2) is 52.4 Å². The molecular weight excluding hydrogens is 360 g/mol. The number of carbonyl (C=O) groups excluding carboxylic acids is 1. The highest BCUT2D eigenvalue weighted by Gasteiger charge is 2.30. The van der Waals surface area contributed by atoms with Gasteiger partial charge < -0.3 is 29.4 Å². The van der Waals surface area contributed by atoms with Gasteiger partial charge in [0.25, 0.3) is 0 Å². The average Bonchev–Trinajstić information content (AvgIpc) is 2.81. The first kappa shape index (κ1) is 18.7. The molecular formula is C20H28N4O4. The normalized spacial score (nSPS) is 20.1. The van der Waals surface area contributed by atoms with E-state index in [-0.39, 0.29) is 12.1 Å². The van der Waals surface area contributed by atoms with E-state index in [4.69, 9.17) is 19.9 Å². The van der Waals surface area contributed by atoms with Crippen molar-refractivity contribution in [3.8, 4) is 11.5 Å². The number of nitrogen functional groups attached to an aromatic ring is 1. The molecule has 2 N–H and O–H groups in total. The van der Waals surface area contributed by atoms with Gasteiger partial charge >= 0.3 is 6.09 Å². The number of amides is 1. The standard InChI is InChI=1S/C20H28N4O4/c1-20(2,3)28-19(25)23-9-5-4-6-13(12-23)24-16-14(22-18(24)21)7-8-15-17(16)27-11-10-26-15/h7-8,13H,4-6,9-12H2,1-3H3,(H2,21,22).